The molecule has 3 aromatic rings. The smallest absolute Gasteiger partial charge is 0.343 e. The van der Waals surface area contributed by atoms with Gasteiger partial charge < -0.3 is 19.6 Å². The lowest BCUT2D eigenvalue weighted by Gasteiger charge is -2.46. The second kappa shape index (κ2) is 15.7. The molecule has 2 atom stereocenters. The van der Waals surface area contributed by atoms with Crippen molar-refractivity contribution in [1.82, 2.24) is 14.7 Å². The molecule has 1 saturated heterocycles. The molecule has 0 aromatic heterocycles. The minimum absolute atomic E-state index is 0.119. The van der Waals surface area contributed by atoms with E-state index in [1.165, 1.54) is 36.0 Å². The zero-order valence-electron chi connectivity index (χ0n) is 28.7. The van der Waals surface area contributed by atoms with Crippen molar-refractivity contribution in [3.8, 4) is 0 Å². The van der Waals surface area contributed by atoms with Gasteiger partial charge in [0.25, 0.3) is 0 Å². The first-order valence-electron chi connectivity index (χ1n) is 16.7. The van der Waals surface area contributed by atoms with Gasteiger partial charge >= 0.3 is 18.0 Å². The average molecular weight is 766 g/mol. The van der Waals surface area contributed by atoms with Crippen molar-refractivity contribution in [2.75, 3.05) is 51.7 Å². The molecule has 2 aliphatic rings. The SMILES string of the molecule is CCN(C(=O)C(=O)N(C)C(CCN1CCC2(CC1)c1ccccc1CS2=O)(CN(C)C(=O)CC(F)(F)F)c1ccc(Cl)c(Cl)c1)c1ccccc1. The predicted molar refractivity (Wildman–Crippen MR) is 194 cm³/mol. The van der Waals surface area contributed by atoms with Crippen LogP contribution < -0.4 is 4.90 Å². The number of likely N-dealkylation sites (N-methyl/N-ethyl adjacent to an activating group) is 3. The molecular formula is C37H41Cl2F3N4O4S. The summed E-state index contributed by atoms with van der Waals surface area (Å²) < 4.78 is 53.2. The minimum atomic E-state index is -4.75. The van der Waals surface area contributed by atoms with E-state index in [1.807, 2.05) is 24.3 Å². The molecule has 1 spiro atoms. The topological polar surface area (TPSA) is 81.2 Å². The van der Waals surface area contributed by atoms with Gasteiger partial charge in [0.15, 0.2) is 0 Å². The molecule has 2 aliphatic heterocycles. The van der Waals surface area contributed by atoms with Gasteiger partial charge in [-0.15, -0.1) is 0 Å². The Balaban J connectivity index is 1.50. The summed E-state index contributed by atoms with van der Waals surface area (Å²) in [4.78, 5) is 46.8. The molecule has 2 unspecified atom stereocenters. The van der Waals surface area contributed by atoms with Crippen molar-refractivity contribution in [2.24, 2.45) is 0 Å². The van der Waals surface area contributed by atoms with Gasteiger partial charge in [-0.2, -0.15) is 13.2 Å². The van der Waals surface area contributed by atoms with Gasteiger partial charge in [-0.25, -0.2) is 0 Å². The Morgan fingerprint density at radius 3 is 2.18 bits per heavy atom. The van der Waals surface area contributed by atoms with Gasteiger partial charge in [0, 0.05) is 56.0 Å². The van der Waals surface area contributed by atoms with Crippen molar-refractivity contribution in [1.29, 1.82) is 0 Å². The number of rotatable bonds is 10. The van der Waals surface area contributed by atoms with Gasteiger partial charge in [0.1, 0.15) is 6.42 Å². The van der Waals surface area contributed by atoms with Gasteiger partial charge in [0.2, 0.25) is 5.91 Å². The van der Waals surface area contributed by atoms with E-state index in [1.54, 1.807) is 43.3 Å². The van der Waals surface area contributed by atoms with E-state index in [-0.39, 0.29) is 29.6 Å². The lowest BCUT2D eigenvalue weighted by molar-refractivity contribution is -0.163. The molecule has 0 aliphatic carbocycles. The predicted octanol–water partition coefficient (Wildman–Crippen LogP) is 6.75. The number of hydrogen-bond acceptors (Lipinski definition) is 5. The van der Waals surface area contributed by atoms with Crippen molar-refractivity contribution in [3.05, 3.63) is 99.5 Å². The second-order valence-corrected chi connectivity index (χ2v) is 15.8. The maximum Gasteiger partial charge on any atom is 0.397 e. The van der Waals surface area contributed by atoms with Crippen LogP contribution in [0.2, 0.25) is 10.0 Å². The number of piperidine rings is 1. The monoisotopic (exact) mass is 764 g/mol. The minimum Gasteiger partial charge on any atom is -0.343 e. The summed E-state index contributed by atoms with van der Waals surface area (Å²) in [5, 5.41) is 0.352. The summed E-state index contributed by atoms with van der Waals surface area (Å²) in [6.45, 7) is 3.03. The molecule has 0 bridgehead atoms. The molecule has 0 N–H and O–H groups in total. The zero-order valence-corrected chi connectivity index (χ0v) is 31.0. The number of carbonyl (C=O) groups is 3. The molecule has 5 rings (SSSR count). The molecular weight excluding hydrogens is 724 g/mol. The number of halogens is 5. The number of nitrogens with zero attached hydrogens (tertiary/aromatic N) is 4. The van der Waals surface area contributed by atoms with Crippen molar-refractivity contribution < 1.29 is 31.8 Å². The van der Waals surface area contributed by atoms with E-state index < -0.39 is 51.4 Å². The maximum atomic E-state index is 14.3. The van der Waals surface area contributed by atoms with E-state index in [4.69, 9.17) is 23.2 Å². The highest BCUT2D eigenvalue weighted by atomic mass is 35.5. The van der Waals surface area contributed by atoms with Crippen LogP contribution in [-0.4, -0.2) is 89.6 Å². The number of carbonyl (C=O) groups excluding carboxylic acids is 3. The fraction of sp³-hybridized carbons (Fsp3) is 0.432. The summed E-state index contributed by atoms with van der Waals surface area (Å²) in [6.07, 6.45) is -5.06. The fourth-order valence-corrected chi connectivity index (χ4v) is 9.52. The number of likely N-dealkylation sites (tertiary alicyclic amines) is 1. The second-order valence-electron chi connectivity index (χ2n) is 13.2. The third-order valence-electron chi connectivity index (χ3n) is 10.2. The standard InChI is InChI=1S/C37H41Cl2F3N4O4S/c1-4-46(28-11-6-5-7-12-28)34(49)33(48)44(3)35(27-14-15-30(38)31(39)22-27,25-43(2)32(47)23-37(40,41)42)16-19-45-20-17-36(18-21-45)29-13-9-8-10-26(29)24-51(36)50/h5-15,22H,4,16-21,23-25H2,1-3H3. The molecule has 0 radical (unpaired) electrons. The highest BCUT2D eigenvalue weighted by Gasteiger charge is 2.48. The van der Waals surface area contributed by atoms with E-state index in [0.29, 0.717) is 49.5 Å². The molecule has 3 aromatic carbocycles. The van der Waals surface area contributed by atoms with E-state index >= 15 is 0 Å². The quantitative estimate of drug-likeness (QED) is 0.214. The molecule has 14 heteroatoms. The zero-order chi connectivity index (χ0) is 37.1. The van der Waals surface area contributed by atoms with Gasteiger partial charge in [-0.05, 0) is 80.2 Å². The lowest BCUT2D eigenvalue weighted by atomic mass is 9.82. The number of alkyl halides is 3. The Hall–Kier alpha value is -3.45. The Morgan fingerprint density at radius 2 is 1.55 bits per heavy atom. The van der Waals surface area contributed by atoms with Crippen LogP contribution in [0.25, 0.3) is 0 Å². The number of hydrogen-bond donors (Lipinski definition) is 0. The van der Waals surface area contributed by atoms with Crippen molar-refractivity contribution >= 4 is 57.4 Å². The lowest BCUT2D eigenvalue weighted by Crippen LogP contribution is -2.59. The summed E-state index contributed by atoms with van der Waals surface area (Å²) in [6, 6.07) is 21.3. The number of amides is 3. The van der Waals surface area contributed by atoms with Crippen LogP contribution in [0.1, 0.15) is 49.3 Å². The van der Waals surface area contributed by atoms with Crippen LogP contribution in [0.5, 0.6) is 0 Å². The first-order valence-corrected chi connectivity index (χ1v) is 18.8. The maximum absolute atomic E-state index is 14.3. The van der Waals surface area contributed by atoms with Gasteiger partial charge in [-0.1, -0.05) is 71.7 Å². The molecule has 0 saturated carbocycles. The first-order chi connectivity index (χ1) is 24.1. The molecule has 8 nitrogen and oxygen atoms in total. The molecule has 3 amide bonds. The van der Waals surface area contributed by atoms with E-state index in [9.17, 15) is 31.8 Å². The highest BCUT2D eigenvalue weighted by Crippen LogP contribution is 2.47. The molecule has 274 valence electrons. The van der Waals surface area contributed by atoms with Crippen molar-refractivity contribution in [3.63, 3.8) is 0 Å². The molecule has 2 heterocycles. The van der Waals surface area contributed by atoms with E-state index in [2.05, 4.69) is 4.90 Å². The van der Waals surface area contributed by atoms with Crippen molar-refractivity contribution in [2.45, 2.75) is 54.8 Å². The summed E-state index contributed by atoms with van der Waals surface area (Å²) in [5.74, 6) is -2.45. The van der Waals surface area contributed by atoms with Gasteiger partial charge in [-0.3, -0.25) is 18.6 Å². The third kappa shape index (κ3) is 8.14. The van der Waals surface area contributed by atoms with Gasteiger partial charge in [0.05, 0.1) is 20.3 Å². The van der Waals surface area contributed by atoms with E-state index in [0.717, 1.165) is 16.0 Å². The number of benzene rings is 3. The number of anilines is 1. The number of fused-ring (bicyclic) bond motifs is 2. The Labute approximate surface area is 308 Å². The fourth-order valence-electron chi connectivity index (χ4n) is 7.33. The first kappa shape index (κ1) is 38.8. The Morgan fingerprint density at radius 1 is 0.902 bits per heavy atom. The summed E-state index contributed by atoms with van der Waals surface area (Å²) in [5.41, 5.74) is 1.58. The normalized spacial score (nSPS) is 18.2. The molecule has 1 fully saturated rings. The largest absolute Gasteiger partial charge is 0.397 e. The molecule has 51 heavy (non-hydrogen) atoms. The third-order valence-corrected chi connectivity index (χ3v) is 13.0. The van der Waals surface area contributed by atoms with Crippen LogP contribution >= 0.6 is 23.2 Å². The van der Waals surface area contributed by atoms with Crippen LogP contribution in [-0.2, 0) is 41.2 Å². The Bertz CT molecular complexity index is 1790. The summed E-state index contributed by atoms with van der Waals surface area (Å²) >= 11 is 12.8. The van der Waals surface area contributed by atoms with Crippen LogP contribution in [0, 0.1) is 0 Å². The van der Waals surface area contributed by atoms with Crippen LogP contribution in [0.4, 0.5) is 18.9 Å². The highest BCUT2D eigenvalue weighted by molar-refractivity contribution is 7.85. The van der Waals surface area contributed by atoms with Crippen LogP contribution in [0.3, 0.4) is 0 Å². The number of para-hydroxylation sites is 1. The van der Waals surface area contributed by atoms with Crippen LogP contribution in [0.15, 0.2) is 72.8 Å². The Kier molecular flexibility index (Phi) is 11.9. The summed E-state index contributed by atoms with van der Waals surface area (Å²) in [7, 11) is 1.59. The average Bonchev–Trinajstić information content (AvgIpc) is 3.37.